The largest absolute Gasteiger partial charge is 0.399 e. The summed E-state index contributed by atoms with van der Waals surface area (Å²) in [5.74, 6) is 0. The standard InChI is InChI=1S/C12H17N3O/c1-2-16-7-3-6-15-9-14-11-8-10(13)4-5-12(11)15/h4-5,8-9H,2-3,6-7,13H2,1H3. The SMILES string of the molecule is CCOCCCn1cnc2cc(N)ccc21. The lowest BCUT2D eigenvalue weighted by molar-refractivity contribution is 0.142. The molecule has 0 bridgehead atoms. The van der Waals surface area contributed by atoms with Gasteiger partial charge in [-0.25, -0.2) is 4.98 Å². The van der Waals surface area contributed by atoms with E-state index < -0.39 is 0 Å². The smallest absolute Gasteiger partial charge is 0.0958 e. The van der Waals surface area contributed by atoms with Crippen LogP contribution in [0.2, 0.25) is 0 Å². The van der Waals surface area contributed by atoms with Crippen molar-refractivity contribution in [3.8, 4) is 0 Å². The van der Waals surface area contributed by atoms with Gasteiger partial charge < -0.3 is 15.0 Å². The van der Waals surface area contributed by atoms with E-state index in [1.807, 2.05) is 31.5 Å². The highest BCUT2D eigenvalue weighted by Crippen LogP contribution is 2.16. The highest BCUT2D eigenvalue weighted by molar-refractivity contribution is 5.78. The van der Waals surface area contributed by atoms with Crippen LogP contribution in [0.25, 0.3) is 11.0 Å². The van der Waals surface area contributed by atoms with E-state index in [-0.39, 0.29) is 0 Å². The van der Waals surface area contributed by atoms with Gasteiger partial charge in [-0.1, -0.05) is 0 Å². The molecule has 0 amide bonds. The van der Waals surface area contributed by atoms with E-state index in [0.29, 0.717) is 0 Å². The number of anilines is 1. The van der Waals surface area contributed by atoms with Gasteiger partial charge in [0.15, 0.2) is 0 Å². The number of aryl methyl sites for hydroxylation is 1. The molecule has 0 aliphatic carbocycles. The molecule has 0 fully saturated rings. The van der Waals surface area contributed by atoms with Crippen LogP contribution in [0.15, 0.2) is 24.5 Å². The molecule has 4 nitrogen and oxygen atoms in total. The van der Waals surface area contributed by atoms with Crippen LogP contribution >= 0.6 is 0 Å². The number of imidazole rings is 1. The Balaban J connectivity index is 2.07. The van der Waals surface area contributed by atoms with Gasteiger partial charge in [0, 0.05) is 25.4 Å². The van der Waals surface area contributed by atoms with E-state index in [2.05, 4.69) is 9.55 Å². The zero-order valence-corrected chi connectivity index (χ0v) is 9.52. The van der Waals surface area contributed by atoms with Crippen molar-refractivity contribution in [2.45, 2.75) is 19.9 Å². The highest BCUT2D eigenvalue weighted by Gasteiger charge is 2.02. The Morgan fingerprint density at radius 3 is 3.12 bits per heavy atom. The molecule has 0 atom stereocenters. The van der Waals surface area contributed by atoms with Crippen molar-refractivity contribution in [2.24, 2.45) is 0 Å². The third-order valence-electron chi connectivity index (χ3n) is 2.54. The normalized spacial score (nSPS) is 11.1. The fourth-order valence-corrected chi connectivity index (χ4v) is 1.74. The van der Waals surface area contributed by atoms with Crippen LogP contribution in [0, 0.1) is 0 Å². The van der Waals surface area contributed by atoms with Gasteiger partial charge in [-0.05, 0) is 31.5 Å². The van der Waals surface area contributed by atoms with Gasteiger partial charge >= 0.3 is 0 Å². The third-order valence-corrected chi connectivity index (χ3v) is 2.54. The van der Waals surface area contributed by atoms with Crippen molar-refractivity contribution in [3.05, 3.63) is 24.5 Å². The molecule has 2 aromatic rings. The first-order valence-corrected chi connectivity index (χ1v) is 5.59. The minimum Gasteiger partial charge on any atom is -0.399 e. The number of nitrogens with two attached hydrogens (primary N) is 1. The number of nitrogens with zero attached hydrogens (tertiary/aromatic N) is 2. The summed E-state index contributed by atoms with van der Waals surface area (Å²) < 4.78 is 7.44. The summed E-state index contributed by atoms with van der Waals surface area (Å²) in [6.45, 7) is 4.52. The lowest BCUT2D eigenvalue weighted by Crippen LogP contribution is -2.01. The molecule has 0 saturated carbocycles. The van der Waals surface area contributed by atoms with E-state index >= 15 is 0 Å². The first-order chi connectivity index (χ1) is 7.81. The molecule has 2 N–H and O–H groups in total. The molecule has 16 heavy (non-hydrogen) atoms. The van der Waals surface area contributed by atoms with Crippen molar-refractivity contribution in [1.82, 2.24) is 9.55 Å². The molecule has 0 spiro atoms. The van der Waals surface area contributed by atoms with E-state index in [9.17, 15) is 0 Å². The lowest BCUT2D eigenvalue weighted by Gasteiger charge is -2.04. The van der Waals surface area contributed by atoms with Crippen LogP contribution < -0.4 is 5.73 Å². The van der Waals surface area contributed by atoms with E-state index in [1.165, 1.54) is 0 Å². The topological polar surface area (TPSA) is 53.1 Å². The second-order valence-corrected chi connectivity index (χ2v) is 3.74. The second-order valence-electron chi connectivity index (χ2n) is 3.74. The zero-order valence-electron chi connectivity index (χ0n) is 9.52. The van der Waals surface area contributed by atoms with Gasteiger partial charge in [0.05, 0.1) is 17.4 Å². The van der Waals surface area contributed by atoms with Crippen LogP contribution in [0.5, 0.6) is 0 Å². The van der Waals surface area contributed by atoms with Gasteiger partial charge in [0.2, 0.25) is 0 Å². The average Bonchev–Trinajstić information content (AvgIpc) is 2.67. The van der Waals surface area contributed by atoms with Crippen molar-refractivity contribution < 1.29 is 4.74 Å². The van der Waals surface area contributed by atoms with Gasteiger partial charge in [-0.2, -0.15) is 0 Å². The molecule has 1 heterocycles. The summed E-state index contributed by atoms with van der Waals surface area (Å²) in [4.78, 5) is 4.32. The minimum absolute atomic E-state index is 0.757. The molecule has 1 aromatic heterocycles. The predicted molar refractivity (Wildman–Crippen MR) is 65.3 cm³/mol. The van der Waals surface area contributed by atoms with E-state index in [4.69, 9.17) is 10.5 Å². The van der Waals surface area contributed by atoms with E-state index in [0.717, 1.165) is 42.9 Å². The number of fused-ring (bicyclic) bond motifs is 1. The fraction of sp³-hybridized carbons (Fsp3) is 0.417. The minimum atomic E-state index is 0.757. The maximum atomic E-state index is 5.70. The summed E-state index contributed by atoms with van der Waals surface area (Å²) in [6.07, 6.45) is 2.86. The lowest BCUT2D eigenvalue weighted by atomic mass is 10.3. The van der Waals surface area contributed by atoms with Crippen LogP contribution in [0.1, 0.15) is 13.3 Å². The van der Waals surface area contributed by atoms with Crippen molar-refractivity contribution in [2.75, 3.05) is 18.9 Å². The summed E-state index contributed by atoms with van der Waals surface area (Å²) in [5.41, 5.74) is 8.55. The highest BCUT2D eigenvalue weighted by atomic mass is 16.5. The van der Waals surface area contributed by atoms with Crippen LogP contribution in [0.3, 0.4) is 0 Å². The maximum Gasteiger partial charge on any atom is 0.0958 e. The van der Waals surface area contributed by atoms with Crippen LogP contribution in [-0.4, -0.2) is 22.8 Å². The maximum absolute atomic E-state index is 5.70. The van der Waals surface area contributed by atoms with Crippen molar-refractivity contribution in [1.29, 1.82) is 0 Å². The molecule has 0 aliphatic rings. The molecule has 2 rings (SSSR count). The van der Waals surface area contributed by atoms with Crippen molar-refractivity contribution in [3.63, 3.8) is 0 Å². The quantitative estimate of drug-likeness (QED) is 0.618. The number of nitrogen functional groups attached to an aromatic ring is 1. The fourth-order valence-electron chi connectivity index (χ4n) is 1.74. The van der Waals surface area contributed by atoms with Crippen LogP contribution in [0.4, 0.5) is 5.69 Å². The first kappa shape index (κ1) is 11.0. The molecule has 0 radical (unpaired) electrons. The van der Waals surface area contributed by atoms with Gasteiger partial charge in [0.1, 0.15) is 0 Å². The Labute approximate surface area is 95.0 Å². The number of ether oxygens (including phenoxy) is 1. The van der Waals surface area contributed by atoms with Crippen molar-refractivity contribution >= 4 is 16.7 Å². The summed E-state index contributed by atoms with van der Waals surface area (Å²) in [7, 11) is 0. The Kier molecular flexibility index (Phi) is 3.41. The summed E-state index contributed by atoms with van der Waals surface area (Å²) >= 11 is 0. The number of hydrogen-bond acceptors (Lipinski definition) is 3. The molecule has 4 heteroatoms. The number of aromatic nitrogens is 2. The van der Waals surface area contributed by atoms with Crippen LogP contribution in [-0.2, 0) is 11.3 Å². The number of hydrogen-bond donors (Lipinski definition) is 1. The van der Waals surface area contributed by atoms with Gasteiger partial charge in [-0.3, -0.25) is 0 Å². The summed E-state index contributed by atoms with van der Waals surface area (Å²) in [5, 5.41) is 0. The Hall–Kier alpha value is -1.55. The molecule has 0 unspecified atom stereocenters. The molecular weight excluding hydrogens is 202 g/mol. The third kappa shape index (κ3) is 2.33. The first-order valence-electron chi connectivity index (χ1n) is 5.59. The predicted octanol–water partition coefficient (Wildman–Crippen LogP) is 2.05. The Morgan fingerprint density at radius 2 is 2.31 bits per heavy atom. The molecule has 0 saturated heterocycles. The van der Waals surface area contributed by atoms with E-state index in [1.54, 1.807) is 0 Å². The number of rotatable bonds is 5. The second kappa shape index (κ2) is 4.99. The Bertz CT molecular complexity index is 464. The summed E-state index contributed by atoms with van der Waals surface area (Å²) in [6, 6.07) is 5.82. The van der Waals surface area contributed by atoms with Gasteiger partial charge in [0.25, 0.3) is 0 Å². The molecule has 1 aromatic carbocycles. The monoisotopic (exact) mass is 219 g/mol. The zero-order chi connectivity index (χ0) is 11.4. The van der Waals surface area contributed by atoms with Gasteiger partial charge in [-0.15, -0.1) is 0 Å². The molecular formula is C12H17N3O. The molecule has 86 valence electrons. The molecule has 0 aliphatic heterocycles. The Morgan fingerprint density at radius 1 is 1.44 bits per heavy atom. The number of benzene rings is 1. The average molecular weight is 219 g/mol.